The quantitative estimate of drug-likeness (QED) is 0.0203. The number of sulfonamides is 4. The van der Waals surface area contributed by atoms with Crippen molar-refractivity contribution in [2.75, 3.05) is 125 Å². The van der Waals surface area contributed by atoms with Gasteiger partial charge in [-0.05, 0) is 209 Å². The van der Waals surface area contributed by atoms with Crippen molar-refractivity contribution < 1.29 is 75.6 Å². The molecule has 0 aliphatic rings. The van der Waals surface area contributed by atoms with Gasteiger partial charge in [-0.1, -0.05) is 46.4 Å². The van der Waals surface area contributed by atoms with Crippen molar-refractivity contribution >= 4 is 266 Å². The second kappa shape index (κ2) is 46.9. The molecule has 12 heterocycles. The number of esters is 1. The molecular formula is C91H85Cl4N23O21S9. The summed E-state index contributed by atoms with van der Waals surface area (Å²) in [5.41, 5.74) is 3.54. The number of halogens is 4. The number of nitrogens with one attached hydrogen (secondary N) is 13. The number of hydrogen-bond donors (Lipinski definition) is 13. The number of anilines is 8. The number of sulfone groups is 1. The predicted molar refractivity (Wildman–Crippen MR) is 575 cm³/mol. The van der Waals surface area contributed by atoms with E-state index in [4.69, 9.17) is 51.1 Å². The average Bonchev–Trinajstić information content (AvgIpc) is 0.917. The Kier molecular flexibility index (Phi) is 35.0. The van der Waals surface area contributed by atoms with Crippen molar-refractivity contribution in [3.05, 3.63) is 295 Å². The molecule has 44 nitrogen and oxygen atoms in total. The molecule has 16 aromatic rings. The molecule has 57 heteroatoms. The van der Waals surface area contributed by atoms with Crippen LogP contribution in [0.4, 0.5) is 64.7 Å². The zero-order valence-electron chi connectivity index (χ0n) is 78.6. The van der Waals surface area contributed by atoms with Crippen LogP contribution >= 0.6 is 91.8 Å². The molecule has 13 N–H and O–H groups in total. The number of benzene rings is 4. The summed E-state index contributed by atoms with van der Waals surface area (Å²) in [6, 6.07) is 38.8. The van der Waals surface area contributed by atoms with E-state index in [0.29, 0.717) is 58.4 Å². The van der Waals surface area contributed by atoms with E-state index in [9.17, 15) is 90.0 Å². The maximum atomic E-state index is 13.4. The van der Waals surface area contributed by atoms with E-state index in [-0.39, 0.29) is 118 Å². The summed E-state index contributed by atoms with van der Waals surface area (Å²) in [6.45, 7) is 1.65. The van der Waals surface area contributed by atoms with Gasteiger partial charge in [0.05, 0.1) is 88.0 Å². The molecule has 148 heavy (non-hydrogen) atoms. The Morgan fingerprint density at radius 2 is 0.635 bits per heavy atom. The number of thiophene rings is 4. The van der Waals surface area contributed by atoms with Gasteiger partial charge < -0.3 is 62.4 Å². The average molecular weight is 2270 g/mol. The molecule has 0 saturated heterocycles. The van der Waals surface area contributed by atoms with Crippen LogP contribution in [0.3, 0.4) is 0 Å². The van der Waals surface area contributed by atoms with Gasteiger partial charge in [-0.15, -0.1) is 45.3 Å². The molecule has 0 aliphatic carbocycles. The fourth-order valence-electron chi connectivity index (χ4n) is 13.9. The molecule has 772 valence electrons. The highest BCUT2D eigenvalue weighted by Crippen LogP contribution is 2.34. The van der Waals surface area contributed by atoms with Crippen LogP contribution in [0.25, 0.3) is 66.4 Å². The third-order valence-corrected chi connectivity index (χ3v) is 34.2. The number of likely N-dealkylation sites (N-methyl/N-ethyl adjacent to an activating group) is 1. The number of methoxy groups -OCH3 is 1. The summed E-state index contributed by atoms with van der Waals surface area (Å²) in [6.07, 6.45) is 11.8. The smallest absolute Gasteiger partial charge is 0.340 e. The molecule has 0 radical (unpaired) electrons. The van der Waals surface area contributed by atoms with Crippen molar-refractivity contribution in [3.8, 4) is 23.3 Å². The van der Waals surface area contributed by atoms with E-state index in [1.165, 1.54) is 161 Å². The lowest BCUT2D eigenvalue weighted by atomic mass is 10.1. The highest BCUT2D eigenvalue weighted by atomic mass is 35.5. The van der Waals surface area contributed by atoms with Gasteiger partial charge in [-0.2, -0.15) is 0 Å². The molecule has 0 fully saturated rings. The summed E-state index contributed by atoms with van der Waals surface area (Å²) >= 11 is 26.3. The van der Waals surface area contributed by atoms with Crippen LogP contribution in [0.5, 0.6) is 0 Å². The summed E-state index contributed by atoms with van der Waals surface area (Å²) in [5.74, 6) is -0.180. The van der Waals surface area contributed by atoms with Crippen molar-refractivity contribution in [3.63, 3.8) is 0 Å². The summed E-state index contributed by atoms with van der Waals surface area (Å²) < 4.78 is 141. The van der Waals surface area contributed by atoms with Gasteiger partial charge in [0.2, 0.25) is 0 Å². The molecular weight excluding hydrogens is 2180 g/mol. The standard InChI is InChI=1S/C25H26ClN7O5S2.C23H23ClN6O4S2.C22H18ClN5O6S2.C21H18ClN5O6S3/c1-27-15-4-6-17-18(12-15)19(23(34)28-10-11-32(2)3)14-33(24(17)35)21-8-5-16(13-29-21)30-25(36)31-40(37,38)22-9-7-20(26)39-22;1-25-15-4-6-17-18(10-15)14(12-29(2)3)13-30(22(17)31)20-8-5-16(11-26-20)27-23(32)28-36(33,34)21-9-7-19(24)35-21;1-24-12-3-5-14-15(9-12)16(21(30)34-2)11-28(20(14)29)18-7-4-13(10-25-18)26-22(31)27-36(32,33)19-8-6-17(23)35-19;1-23-12-3-5-14-15(9-12)16(35(2,30)31)11-27(20(14)28)18-7-4-13(10-24-18)25-21(29)26-36(32,33)19-8-6-17(22)34-19/h4-9,12-14,27H,10-11H2,1-3H3,(H,28,34)(H2,30,31,36);4-11,13,25H,12H2,1-3H3,(H2,27,28,32);3-11,24H,1-2H3,(H2,26,27,31);3-11,23H,1-2H3,(H2,25,26,29). The van der Waals surface area contributed by atoms with Gasteiger partial charge in [0, 0.05) is 139 Å². The molecule has 0 atom stereocenters. The van der Waals surface area contributed by atoms with Crippen LogP contribution in [-0.2, 0) is 61.2 Å². The molecule has 4 aromatic carbocycles. The third-order valence-electron chi connectivity index (χ3n) is 20.8. The van der Waals surface area contributed by atoms with Crippen LogP contribution in [0, 0.1) is 0 Å². The number of carbonyl (C=O) groups excluding carboxylic acids is 6. The van der Waals surface area contributed by atoms with Gasteiger partial charge in [-0.3, -0.25) is 42.2 Å². The lowest BCUT2D eigenvalue weighted by Crippen LogP contribution is -2.34. The van der Waals surface area contributed by atoms with Crippen molar-refractivity contribution in [1.29, 1.82) is 0 Å². The molecule has 0 saturated carbocycles. The SMILES string of the molecule is CNc1ccc2c(=O)n(-c3ccc(NC(=O)NS(=O)(=O)c4ccc(Cl)s4)cn3)cc(C(=O)NCCN(C)C)c2c1.CNc1ccc2c(=O)n(-c3ccc(NC(=O)NS(=O)(=O)c4ccc(Cl)s4)cn3)cc(C(=O)OC)c2c1.CNc1ccc2c(=O)n(-c3ccc(NC(=O)NS(=O)(=O)c4ccc(Cl)s4)cn3)cc(CN(C)C)c2c1.CNc1ccc2c(=O)n(-c3ccc(NC(=O)NS(=O)(=O)c4ccc(Cl)s4)cn3)cc(S(C)(=O)=O)c2c1. The summed E-state index contributed by atoms with van der Waals surface area (Å²) in [4.78, 5) is 148. The number of nitrogens with zero attached hydrogens (tertiary/aromatic N) is 10. The maximum Gasteiger partial charge on any atom is 0.340 e. The number of fused-ring (bicyclic) bond motifs is 4. The first-order chi connectivity index (χ1) is 70.1. The van der Waals surface area contributed by atoms with Gasteiger partial charge in [0.15, 0.2) is 9.84 Å². The Morgan fingerprint density at radius 3 is 0.919 bits per heavy atom. The van der Waals surface area contributed by atoms with E-state index >= 15 is 0 Å². The van der Waals surface area contributed by atoms with Gasteiger partial charge in [0.1, 0.15) is 40.1 Å². The normalized spacial score (nSPS) is 11.5. The zero-order valence-corrected chi connectivity index (χ0v) is 89.0. The van der Waals surface area contributed by atoms with Gasteiger partial charge >= 0.3 is 30.1 Å². The zero-order chi connectivity index (χ0) is 107. The van der Waals surface area contributed by atoms with Crippen LogP contribution in [0.1, 0.15) is 26.3 Å². The Balaban J connectivity index is 0.000000165. The highest BCUT2D eigenvalue weighted by Gasteiger charge is 2.29. The lowest BCUT2D eigenvalue weighted by molar-refractivity contribution is 0.0601. The first-order valence-corrected chi connectivity index (χ1v) is 55.2. The molecule has 0 aliphatic heterocycles. The van der Waals surface area contributed by atoms with Gasteiger partial charge in [-0.25, -0.2) is 105 Å². The summed E-state index contributed by atoms with van der Waals surface area (Å²) in [5, 5.41) is 27.7. The van der Waals surface area contributed by atoms with Crippen LogP contribution in [-0.4, -0.2) is 209 Å². The van der Waals surface area contributed by atoms with E-state index in [0.717, 1.165) is 78.5 Å². The molecule has 0 bridgehead atoms. The first kappa shape index (κ1) is 110. The number of ether oxygens (including phenoxy) is 1. The second-order valence-electron chi connectivity index (χ2n) is 31.6. The molecule has 12 aromatic heterocycles. The number of amides is 9. The van der Waals surface area contributed by atoms with Gasteiger partial charge in [0.25, 0.3) is 68.2 Å². The Morgan fingerprint density at radius 1 is 0.351 bits per heavy atom. The molecule has 9 amide bonds. The van der Waals surface area contributed by atoms with E-state index in [2.05, 4.69) is 67.8 Å². The molecule has 0 spiro atoms. The number of aromatic nitrogens is 8. The monoisotopic (exact) mass is 2260 g/mol. The highest BCUT2D eigenvalue weighted by molar-refractivity contribution is 7.93. The fraction of sp³-hybridized carbons (Fsp3) is 0.143. The lowest BCUT2D eigenvalue weighted by Gasteiger charge is -2.16. The topological polar surface area (TPSA) is 585 Å². The minimum atomic E-state index is -4.12. The second-order valence-corrected chi connectivity index (χ2v) is 48.1. The Labute approximate surface area is 878 Å². The van der Waals surface area contributed by atoms with Crippen molar-refractivity contribution in [1.82, 2.24) is 72.2 Å². The first-order valence-electron chi connectivity index (χ1n) is 42.6. The minimum Gasteiger partial charge on any atom is -0.465 e. The van der Waals surface area contributed by atoms with Crippen molar-refractivity contribution in [2.24, 2.45) is 0 Å². The Bertz CT molecular complexity index is 8760. The van der Waals surface area contributed by atoms with E-state index in [1.807, 2.05) is 76.1 Å². The largest absolute Gasteiger partial charge is 0.465 e. The number of pyridine rings is 8. The van der Waals surface area contributed by atoms with E-state index in [1.54, 1.807) is 88.0 Å². The third kappa shape index (κ3) is 27.0. The number of hydrogen-bond acceptors (Lipinski definition) is 35. The molecule has 16 rings (SSSR count). The number of carbonyl (C=O) groups is 6. The van der Waals surface area contributed by atoms with Crippen LogP contribution < -0.4 is 89.0 Å². The van der Waals surface area contributed by atoms with Crippen LogP contribution in [0.2, 0.25) is 17.3 Å². The van der Waals surface area contributed by atoms with E-state index < -0.39 is 96.7 Å². The predicted octanol–water partition coefficient (Wildman–Crippen LogP) is 13.2. The maximum absolute atomic E-state index is 13.4. The summed E-state index contributed by atoms with van der Waals surface area (Å²) in [7, 11) is -4.21. The number of urea groups is 4. The number of rotatable bonds is 28. The Hall–Kier alpha value is -14.8. The molecule has 0 unspecified atom stereocenters. The minimum absolute atomic E-state index is 0.0588. The fourth-order valence-corrected chi connectivity index (χ4v) is 24.3. The van der Waals surface area contributed by atoms with Crippen LogP contribution in [0.15, 0.2) is 260 Å². The van der Waals surface area contributed by atoms with Crippen molar-refractivity contribution in [2.45, 2.75) is 28.3 Å².